The molecule has 50 heavy (non-hydrogen) atoms. The molecule has 2 aliphatic carbocycles. The molecule has 3 N–H and O–H groups in total. The van der Waals surface area contributed by atoms with E-state index in [-0.39, 0.29) is 12.1 Å². The zero-order valence-electron chi connectivity index (χ0n) is 28.2. The number of carbonyl (C=O) groups is 1. The lowest BCUT2D eigenvalue weighted by atomic mass is 9.89. The fourth-order valence-corrected chi connectivity index (χ4v) is 7.29. The van der Waals surface area contributed by atoms with E-state index in [1.807, 2.05) is 18.2 Å². The van der Waals surface area contributed by atoms with Gasteiger partial charge in [0.15, 0.2) is 0 Å². The van der Waals surface area contributed by atoms with Gasteiger partial charge >= 0.3 is 0 Å². The highest BCUT2D eigenvalue weighted by molar-refractivity contribution is 5.94. The van der Waals surface area contributed by atoms with Crippen LogP contribution in [0.5, 0.6) is 0 Å². The van der Waals surface area contributed by atoms with Gasteiger partial charge in [-0.05, 0) is 92.5 Å². The molecule has 0 radical (unpaired) electrons. The maximum atomic E-state index is 13.8. The van der Waals surface area contributed by atoms with Gasteiger partial charge in [-0.3, -0.25) is 19.5 Å². The zero-order valence-corrected chi connectivity index (χ0v) is 28.2. The number of piperazine rings is 1. The lowest BCUT2D eigenvalue weighted by Crippen LogP contribution is -2.51. The number of aromatic nitrogens is 3. The predicted octanol–water partition coefficient (Wildman–Crippen LogP) is 4.04. The molecule has 1 amide bonds. The fourth-order valence-electron chi connectivity index (χ4n) is 7.29. The van der Waals surface area contributed by atoms with Crippen LogP contribution in [0, 0.1) is 23.6 Å². The maximum Gasteiger partial charge on any atom is 0.264 e. The second kappa shape index (κ2) is 15.5. The van der Waals surface area contributed by atoms with Crippen LogP contribution in [0.4, 0.5) is 10.2 Å². The zero-order chi connectivity index (χ0) is 34.5. The number of fused-ring (bicyclic) bond motifs is 1. The minimum atomic E-state index is -0.833. The summed E-state index contributed by atoms with van der Waals surface area (Å²) in [5.41, 5.74) is 1.99. The van der Waals surface area contributed by atoms with Crippen molar-refractivity contribution in [3.8, 4) is 11.8 Å². The number of pyridine rings is 1. The summed E-state index contributed by atoms with van der Waals surface area (Å²) in [6.07, 6.45) is 10.8. The summed E-state index contributed by atoms with van der Waals surface area (Å²) in [7, 11) is 0. The van der Waals surface area contributed by atoms with E-state index >= 15 is 0 Å². The Hall–Kier alpha value is -4.63. The van der Waals surface area contributed by atoms with Crippen molar-refractivity contribution in [2.75, 3.05) is 51.2 Å². The molecule has 1 aliphatic heterocycles. The standard InChI is InChI=1S/C39H44FN7O3/c40-30-6-1-5-29(23-30)36(26-48)47-17-3-7-33(39(47)50)38(49)41-16-2-4-27-10-15-34-35(22-27)44-37(24-42-34)43-31-11-13-32(14-12-31)46-20-18-45(19-21-46)25-28-8-9-28/h1,3,5-7,10,15,17,22-24,28,31-32,36,48H,8-9,11-14,16,18-21,25-26H2,(H,41,49)(H,43,44)/t31?,32?,36-/m1/s1. The van der Waals surface area contributed by atoms with Gasteiger partial charge in [0.25, 0.3) is 11.5 Å². The molecule has 2 aromatic carbocycles. The molecule has 3 heterocycles. The number of anilines is 1. The Morgan fingerprint density at radius 3 is 2.56 bits per heavy atom. The van der Waals surface area contributed by atoms with Crippen LogP contribution >= 0.6 is 0 Å². The Kier molecular flexibility index (Phi) is 10.5. The third kappa shape index (κ3) is 8.21. The van der Waals surface area contributed by atoms with E-state index in [2.05, 4.69) is 37.3 Å². The van der Waals surface area contributed by atoms with E-state index in [0.29, 0.717) is 17.6 Å². The quantitative estimate of drug-likeness (QED) is 0.216. The Balaban J connectivity index is 0.917. The van der Waals surface area contributed by atoms with Crippen molar-refractivity contribution < 1.29 is 14.3 Å². The van der Waals surface area contributed by atoms with Gasteiger partial charge in [0.05, 0.1) is 36.4 Å². The summed E-state index contributed by atoms with van der Waals surface area (Å²) in [6.45, 7) is 5.71. The summed E-state index contributed by atoms with van der Waals surface area (Å²) in [5.74, 6) is 6.68. The van der Waals surface area contributed by atoms with Crippen molar-refractivity contribution in [3.63, 3.8) is 0 Å². The van der Waals surface area contributed by atoms with Crippen molar-refractivity contribution in [3.05, 3.63) is 99.9 Å². The number of amides is 1. The van der Waals surface area contributed by atoms with Crippen molar-refractivity contribution in [2.24, 2.45) is 5.92 Å². The van der Waals surface area contributed by atoms with E-state index in [0.717, 1.165) is 41.2 Å². The van der Waals surface area contributed by atoms with Gasteiger partial charge in [0.2, 0.25) is 0 Å². The molecule has 7 rings (SSSR count). The van der Waals surface area contributed by atoms with Gasteiger partial charge < -0.3 is 25.2 Å². The van der Waals surface area contributed by atoms with Gasteiger partial charge in [0, 0.05) is 56.6 Å². The van der Waals surface area contributed by atoms with Crippen LogP contribution in [-0.4, -0.2) is 93.3 Å². The molecule has 3 fully saturated rings. The molecule has 2 aromatic heterocycles. The smallest absolute Gasteiger partial charge is 0.264 e. The number of nitrogens with zero attached hydrogens (tertiary/aromatic N) is 5. The molecule has 0 spiro atoms. The van der Waals surface area contributed by atoms with Crippen LogP contribution < -0.4 is 16.2 Å². The van der Waals surface area contributed by atoms with Crippen LogP contribution in [-0.2, 0) is 0 Å². The average Bonchev–Trinajstić information content (AvgIpc) is 3.96. The Bertz CT molecular complexity index is 1940. The number of halogens is 1. The molecule has 2 saturated carbocycles. The summed E-state index contributed by atoms with van der Waals surface area (Å²) in [6, 6.07) is 14.5. The van der Waals surface area contributed by atoms with E-state index in [4.69, 9.17) is 4.98 Å². The van der Waals surface area contributed by atoms with Gasteiger partial charge in [-0.2, -0.15) is 0 Å². The predicted molar refractivity (Wildman–Crippen MR) is 191 cm³/mol. The minimum Gasteiger partial charge on any atom is -0.394 e. The van der Waals surface area contributed by atoms with E-state index in [1.165, 1.54) is 93.4 Å². The van der Waals surface area contributed by atoms with Crippen molar-refractivity contribution in [2.45, 2.75) is 56.7 Å². The number of carbonyl (C=O) groups excluding carboxylic acids is 1. The van der Waals surface area contributed by atoms with E-state index < -0.39 is 29.9 Å². The first-order valence-corrected chi connectivity index (χ1v) is 17.8. The SMILES string of the molecule is O=C(NCC#Cc1ccc2ncc(NC3CCC(N4CCN(CC5CC5)CC4)CC3)nc2c1)c1cccn([C@H](CO)c2cccc(F)c2)c1=O. The third-order valence-corrected chi connectivity index (χ3v) is 10.3. The molecule has 1 saturated heterocycles. The highest BCUT2D eigenvalue weighted by atomic mass is 19.1. The number of benzene rings is 2. The van der Waals surface area contributed by atoms with Gasteiger partial charge in [-0.1, -0.05) is 24.0 Å². The lowest BCUT2D eigenvalue weighted by molar-refractivity contribution is 0.0752. The van der Waals surface area contributed by atoms with Crippen molar-refractivity contribution in [1.82, 2.24) is 29.7 Å². The van der Waals surface area contributed by atoms with Gasteiger partial charge in [0.1, 0.15) is 17.2 Å². The van der Waals surface area contributed by atoms with E-state index in [9.17, 15) is 19.1 Å². The second-order valence-electron chi connectivity index (χ2n) is 13.8. The molecule has 4 aromatic rings. The molecule has 11 heteroatoms. The Morgan fingerprint density at radius 2 is 1.80 bits per heavy atom. The summed E-state index contributed by atoms with van der Waals surface area (Å²) in [4.78, 5) is 40.9. The molecule has 10 nitrogen and oxygen atoms in total. The van der Waals surface area contributed by atoms with Crippen LogP contribution in [0.25, 0.3) is 11.0 Å². The average molecular weight is 678 g/mol. The lowest BCUT2D eigenvalue weighted by Gasteiger charge is -2.42. The highest BCUT2D eigenvalue weighted by Crippen LogP contribution is 2.31. The minimum absolute atomic E-state index is 0.0185. The first-order chi connectivity index (χ1) is 24.4. The number of rotatable bonds is 10. The fraction of sp³-hybridized carbons (Fsp3) is 0.436. The van der Waals surface area contributed by atoms with Gasteiger partial charge in [-0.25, -0.2) is 9.37 Å². The topological polar surface area (TPSA) is 116 Å². The molecule has 1 atom stereocenters. The largest absolute Gasteiger partial charge is 0.394 e. The van der Waals surface area contributed by atoms with Crippen molar-refractivity contribution in [1.29, 1.82) is 0 Å². The number of hydrogen-bond acceptors (Lipinski definition) is 8. The highest BCUT2D eigenvalue weighted by Gasteiger charge is 2.31. The first-order valence-electron chi connectivity index (χ1n) is 17.8. The van der Waals surface area contributed by atoms with Crippen LogP contribution in [0.15, 0.2) is 71.8 Å². The first kappa shape index (κ1) is 33.8. The maximum absolute atomic E-state index is 13.8. The molecule has 0 unspecified atom stereocenters. The van der Waals surface area contributed by atoms with Crippen LogP contribution in [0.3, 0.4) is 0 Å². The van der Waals surface area contributed by atoms with E-state index in [1.54, 1.807) is 18.3 Å². The van der Waals surface area contributed by atoms with Gasteiger partial charge in [-0.15, -0.1) is 0 Å². The monoisotopic (exact) mass is 677 g/mol. The Labute approximate surface area is 291 Å². The number of aliphatic hydroxyl groups is 1. The molecular formula is C39H44FN7O3. The second-order valence-corrected chi connectivity index (χ2v) is 13.8. The molecular weight excluding hydrogens is 633 g/mol. The summed E-state index contributed by atoms with van der Waals surface area (Å²) >= 11 is 0. The summed E-state index contributed by atoms with van der Waals surface area (Å²) < 4.78 is 15.0. The number of nitrogens with one attached hydrogen (secondary N) is 2. The van der Waals surface area contributed by atoms with Crippen LogP contribution in [0.2, 0.25) is 0 Å². The number of aliphatic hydroxyl groups excluding tert-OH is 1. The normalized spacial score (nSPS) is 20.5. The molecule has 0 bridgehead atoms. The molecule has 3 aliphatic rings. The Morgan fingerprint density at radius 1 is 0.980 bits per heavy atom. The van der Waals surface area contributed by atoms with Crippen molar-refractivity contribution >= 4 is 22.8 Å². The van der Waals surface area contributed by atoms with Crippen LogP contribution in [0.1, 0.15) is 66.1 Å². The number of hydrogen-bond donors (Lipinski definition) is 3. The molecule has 260 valence electrons. The summed E-state index contributed by atoms with van der Waals surface area (Å²) in [5, 5.41) is 16.3. The third-order valence-electron chi connectivity index (χ3n) is 10.3.